The number of ether oxygens (including phenoxy) is 1. The molecule has 6 heteroatoms. The highest BCUT2D eigenvalue weighted by Gasteiger charge is 2.35. The fourth-order valence-corrected chi connectivity index (χ4v) is 0.904. The minimum atomic E-state index is -1.40. The minimum Gasteiger partial charge on any atom is -0.480 e. The summed E-state index contributed by atoms with van der Waals surface area (Å²) in [6.07, 6.45) is 0. The van der Waals surface area contributed by atoms with Gasteiger partial charge in [-0.2, -0.15) is 0 Å². The smallest absolute Gasteiger partial charge is 0.318 e. The third kappa shape index (κ3) is 6.23. The molecule has 0 atom stereocenters. The van der Waals surface area contributed by atoms with Crippen molar-refractivity contribution in [1.82, 2.24) is 10.2 Å². The Kier molecular flexibility index (Phi) is 6.75. The molecule has 0 aliphatic rings. The van der Waals surface area contributed by atoms with Gasteiger partial charge in [0.05, 0.1) is 13.2 Å². The van der Waals surface area contributed by atoms with Crippen molar-refractivity contribution >= 4 is 11.9 Å². The molecule has 0 aliphatic carbocycles. The first-order valence-electron chi connectivity index (χ1n) is 5.52. The van der Waals surface area contributed by atoms with Crippen molar-refractivity contribution in [3.8, 4) is 0 Å². The number of nitrogens with one attached hydrogen (secondary N) is 1. The zero-order valence-corrected chi connectivity index (χ0v) is 10.9. The quantitative estimate of drug-likeness (QED) is 0.458. The number of hydrogen-bond donors (Lipinski definition) is 2. The molecule has 0 aromatic carbocycles. The van der Waals surface area contributed by atoms with Crippen LogP contribution >= 0.6 is 0 Å². The van der Waals surface area contributed by atoms with Gasteiger partial charge in [-0.15, -0.1) is 0 Å². The highest BCUT2D eigenvalue weighted by molar-refractivity contribution is 6.00. The summed E-state index contributed by atoms with van der Waals surface area (Å²) >= 11 is 0. The molecular weight excluding hydrogens is 224 g/mol. The Balaban J connectivity index is 3.69. The largest absolute Gasteiger partial charge is 0.480 e. The lowest BCUT2D eigenvalue weighted by Gasteiger charge is -2.18. The van der Waals surface area contributed by atoms with E-state index in [0.29, 0.717) is 19.8 Å². The fourth-order valence-electron chi connectivity index (χ4n) is 0.904. The van der Waals surface area contributed by atoms with Gasteiger partial charge in [0, 0.05) is 13.1 Å². The van der Waals surface area contributed by atoms with E-state index >= 15 is 0 Å². The number of carboxylic acid groups (broad SMARTS) is 1. The number of likely N-dealkylation sites (N-methyl/N-ethyl adjacent to an activating group) is 1. The molecule has 1 amide bonds. The van der Waals surface area contributed by atoms with Gasteiger partial charge in [0.15, 0.2) is 0 Å². The average molecular weight is 246 g/mol. The monoisotopic (exact) mass is 246 g/mol. The van der Waals surface area contributed by atoms with Crippen LogP contribution in [0.4, 0.5) is 0 Å². The molecule has 0 bridgehead atoms. The summed E-state index contributed by atoms with van der Waals surface area (Å²) < 4.78 is 5.26. The number of rotatable bonds is 8. The normalized spacial score (nSPS) is 11.6. The van der Waals surface area contributed by atoms with Gasteiger partial charge in [-0.05, 0) is 27.9 Å². The first kappa shape index (κ1) is 15.9. The van der Waals surface area contributed by atoms with Crippen molar-refractivity contribution in [3.63, 3.8) is 0 Å². The zero-order chi connectivity index (χ0) is 13.5. The molecule has 0 aromatic rings. The molecule has 0 saturated carbocycles. The van der Waals surface area contributed by atoms with E-state index in [1.165, 1.54) is 13.8 Å². The van der Waals surface area contributed by atoms with E-state index in [-0.39, 0.29) is 0 Å². The summed E-state index contributed by atoms with van der Waals surface area (Å²) in [5, 5.41) is 11.3. The molecular formula is C11H22N2O4. The van der Waals surface area contributed by atoms with Crippen LogP contribution in [0.25, 0.3) is 0 Å². The lowest BCUT2D eigenvalue weighted by Crippen LogP contribution is -2.43. The van der Waals surface area contributed by atoms with Crippen LogP contribution in [0.5, 0.6) is 0 Å². The maximum atomic E-state index is 11.5. The molecule has 0 rings (SSSR count). The topological polar surface area (TPSA) is 78.9 Å². The van der Waals surface area contributed by atoms with Crippen LogP contribution in [-0.4, -0.2) is 62.3 Å². The molecule has 0 saturated heterocycles. The fraction of sp³-hybridized carbons (Fsp3) is 0.818. The van der Waals surface area contributed by atoms with Crippen molar-refractivity contribution in [2.24, 2.45) is 5.41 Å². The van der Waals surface area contributed by atoms with E-state index in [2.05, 4.69) is 5.32 Å². The SMILES string of the molecule is CN(C)CCOCCNC(=O)C(C)(C)C(=O)O. The van der Waals surface area contributed by atoms with E-state index < -0.39 is 17.3 Å². The lowest BCUT2D eigenvalue weighted by atomic mass is 9.93. The van der Waals surface area contributed by atoms with Crippen molar-refractivity contribution in [3.05, 3.63) is 0 Å². The molecule has 0 unspecified atom stereocenters. The number of carbonyl (C=O) groups excluding carboxylic acids is 1. The van der Waals surface area contributed by atoms with Crippen molar-refractivity contribution in [1.29, 1.82) is 0 Å². The van der Waals surface area contributed by atoms with Crippen LogP contribution in [0.15, 0.2) is 0 Å². The van der Waals surface area contributed by atoms with Gasteiger partial charge >= 0.3 is 5.97 Å². The molecule has 6 nitrogen and oxygen atoms in total. The van der Waals surface area contributed by atoms with Crippen molar-refractivity contribution in [2.75, 3.05) is 40.4 Å². The molecule has 0 fully saturated rings. The van der Waals surface area contributed by atoms with E-state index in [1.807, 2.05) is 19.0 Å². The van der Waals surface area contributed by atoms with Gasteiger partial charge in [-0.25, -0.2) is 0 Å². The second-order valence-corrected chi connectivity index (χ2v) is 4.60. The predicted octanol–water partition coefficient (Wildman–Crippen LogP) is -0.208. The number of nitrogens with zero attached hydrogens (tertiary/aromatic N) is 1. The highest BCUT2D eigenvalue weighted by atomic mass is 16.5. The van der Waals surface area contributed by atoms with E-state index in [4.69, 9.17) is 9.84 Å². The first-order chi connectivity index (χ1) is 7.78. The molecule has 2 N–H and O–H groups in total. The third-order valence-corrected chi connectivity index (χ3v) is 2.32. The molecule has 0 aliphatic heterocycles. The number of carboxylic acids is 1. The van der Waals surface area contributed by atoms with Gasteiger partial charge in [-0.3, -0.25) is 9.59 Å². The summed E-state index contributed by atoms with van der Waals surface area (Å²) in [5.41, 5.74) is -1.40. The number of carbonyl (C=O) groups is 2. The van der Waals surface area contributed by atoms with Crippen molar-refractivity contribution in [2.45, 2.75) is 13.8 Å². The maximum Gasteiger partial charge on any atom is 0.318 e. The van der Waals surface area contributed by atoms with Crippen molar-refractivity contribution < 1.29 is 19.4 Å². The van der Waals surface area contributed by atoms with Crippen LogP contribution in [0, 0.1) is 5.41 Å². The molecule has 17 heavy (non-hydrogen) atoms. The molecule has 0 spiro atoms. The lowest BCUT2D eigenvalue weighted by molar-refractivity contribution is -0.153. The summed E-state index contributed by atoms with van der Waals surface area (Å²) in [5.74, 6) is -1.63. The molecule has 0 aromatic heterocycles. The average Bonchev–Trinajstić information content (AvgIpc) is 2.21. The van der Waals surface area contributed by atoms with Gasteiger partial charge in [0.1, 0.15) is 5.41 Å². The maximum absolute atomic E-state index is 11.5. The Hall–Kier alpha value is -1.14. The van der Waals surface area contributed by atoms with E-state index in [9.17, 15) is 9.59 Å². The van der Waals surface area contributed by atoms with Crippen LogP contribution in [-0.2, 0) is 14.3 Å². The first-order valence-corrected chi connectivity index (χ1v) is 5.52. The van der Waals surface area contributed by atoms with E-state index in [0.717, 1.165) is 6.54 Å². The Bertz CT molecular complexity index is 264. The molecule has 0 heterocycles. The van der Waals surface area contributed by atoms with Gasteiger partial charge in [0.25, 0.3) is 0 Å². The third-order valence-electron chi connectivity index (χ3n) is 2.32. The zero-order valence-electron chi connectivity index (χ0n) is 10.9. The van der Waals surface area contributed by atoms with Gasteiger partial charge < -0.3 is 20.1 Å². The Labute approximate surface area is 102 Å². The summed E-state index contributed by atoms with van der Waals surface area (Å²) in [6, 6.07) is 0. The van der Waals surface area contributed by atoms with Gasteiger partial charge in [-0.1, -0.05) is 0 Å². The standard InChI is InChI=1S/C11H22N2O4/c1-11(2,10(15)16)9(14)12-5-7-17-8-6-13(3)4/h5-8H2,1-4H3,(H,12,14)(H,15,16). The number of aliphatic carboxylic acids is 1. The second-order valence-electron chi connectivity index (χ2n) is 4.60. The second kappa shape index (κ2) is 7.24. The Morgan fingerprint density at radius 1 is 1.29 bits per heavy atom. The molecule has 100 valence electrons. The van der Waals surface area contributed by atoms with Crippen LogP contribution in [0.1, 0.15) is 13.8 Å². The summed E-state index contributed by atoms with van der Waals surface area (Å²) in [7, 11) is 3.89. The van der Waals surface area contributed by atoms with Crippen LogP contribution < -0.4 is 5.32 Å². The number of hydrogen-bond acceptors (Lipinski definition) is 4. The van der Waals surface area contributed by atoms with E-state index in [1.54, 1.807) is 0 Å². The van der Waals surface area contributed by atoms with Crippen LogP contribution in [0.2, 0.25) is 0 Å². The number of amides is 1. The highest BCUT2D eigenvalue weighted by Crippen LogP contribution is 2.14. The Morgan fingerprint density at radius 2 is 1.88 bits per heavy atom. The minimum absolute atomic E-state index is 0.322. The Morgan fingerprint density at radius 3 is 2.35 bits per heavy atom. The molecule has 0 radical (unpaired) electrons. The summed E-state index contributed by atoms with van der Waals surface area (Å²) in [4.78, 5) is 24.3. The predicted molar refractivity (Wildman–Crippen MR) is 63.8 cm³/mol. The summed E-state index contributed by atoms with van der Waals surface area (Å²) in [6.45, 7) is 4.85. The van der Waals surface area contributed by atoms with Crippen LogP contribution in [0.3, 0.4) is 0 Å². The van der Waals surface area contributed by atoms with Gasteiger partial charge in [0.2, 0.25) is 5.91 Å².